The van der Waals surface area contributed by atoms with Gasteiger partial charge >= 0.3 is 0 Å². The van der Waals surface area contributed by atoms with Gasteiger partial charge in [0.15, 0.2) is 0 Å². The first kappa shape index (κ1) is 14.2. The Morgan fingerprint density at radius 1 is 1.33 bits per heavy atom. The van der Waals surface area contributed by atoms with Crippen molar-refractivity contribution in [3.8, 4) is 0 Å². The van der Waals surface area contributed by atoms with Crippen LogP contribution in [0.2, 0.25) is 5.15 Å². The van der Waals surface area contributed by atoms with E-state index < -0.39 is 10.0 Å². The van der Waals surface area contributed by atoms with Crippen LogP contribution in [0.25, 0.3) is 0 Å². The van der Waals surface area contributed by atoms with Gasteiger partial charge in [-0.25, -0.2) is 13.4 Å². The van der Waals surface area contributed by atoms with E-state index in [9.17, 15) is 8.42 Å². The fourth-order valence-corrected chi connectivity index (χ4v) is 1.49. The van der Waals surface area contributed by atoms with Gasteiger partial charge in [-0.1, -0.05) is 31.5 Å². The summed E-state index contributed by atoms with van der Waals surface area (Å²) >= 11 is 5.60. The molecule has 0 aliphatic carbocycles. The van der Waals surface area contributed by atoms with E-state index >= 15 is 0 Å². The summed E-state index contributed by atoms with van der Waals surface area (Å²) in [4.78, 5) is 3.83. The second-order valence-electron chi connectivity index (χ2n) is 2.67. The Hall–Kier alpha value is -0.810. The van der Waals surface area contributed by atoms with E-state index in [1.54, 1.807) is 19.1 Å². The maximum absolute atomic E-state index is 10.9. The lowest BCUT2D eigenvalue weighted by molar-refractivity contribution is 0.606. The van der Waals surface area contributed by atoms with Gasteiger partial charge in [0.2, 0.25) is 10.0 Å². The molecule has 0 aliphatic heterocycles. The number of rotatable bonds is 2. The van der Waals surface area contributed by atoms with Crippen LogP contribution in [-0.2, 0) is 10.0 Å². The number of hydrogen-bond donors (Lipinski definition) is 1. The highest BCUT2D eigenvalue weighted by Gasteiger charge is 2.06. The molecule has 4 nitrogen and oxygen atoms in total. The van der Waals surface area contributed by atoms with E-state index in [0.717, 1.165) is 11.8 Å². The van der Waals surface area contributed by atoms with Crippen LogP contribution in [0.4, 0.5) is 5.82 Å². The average Bonchev–Trinajstić information content (AvgIpc) is 2.12. The number of sulfonamides is 1. The minimum absolute atomic E-state index is 0.261. The Bertz CT molecular complexity index is 418. The second kappa shape index (κ2) is 5.92. The topological polar surface area (TPSA) is 59.1 Å². The van der Waals surface area contributed by atoms with Crippen molar-refractivity contribution in [2.24, 2.45) is 0 Å². The molecule has 86 valence electrons. The maximum atomic E-state index is 10.9. The molecule has 1 heterocycles. The van der Waals surface area contributed by atoms with Gasteiger partial charge in [-0.2, -0.15) is 0 Å². The number of pyridine rings is 1. The zero-order chi connectivity index (χ0) is 12.1. The summed E-state index contributed by atoms with van der Waals surface area (Å²) in [5.41, 5.74) is 0.731. The Kier molecular flexibility index (Phi) is 5.60. The van der Waals surface area contributed by atoms with Crippen LogP contribution in [0.15, 0.2) is 12.1 Å². The number of hydrogen-bond acceptors (Lipinski definition) is 3. The van der Waals surface area contributed by atoms with Crippen molar-refractivity contribution in [3.05, 3.63) is 22.8 Å². The third kappa shape index (κ3) is 5.59. The largest absolute Gasteiger partial charge is 0.267 e. The third-order valence-electron chi connectivity index (χ3n) is 1.35. The summed E-state index contributed by atoms with van der Waals surface area (Å²) in [6.07, 6.45) is 1.06. The number of aryl methyl sites for hydroxylation is 1. The third-order valence-corrected chi connectivity index (χ3v) is 2.12. The van der Waals surface area contributed by atoms with E-state index in [2.05, 4.69) is 9.71 Å². The van der Waals surface area contributed by atoms with Crippen LogP contribution in [0.3, 0.4) is 0 Å². The molecule has 0 fully saturated rings. The molecule has 1 rings (SSSR count). The van der Waals surface area contributed by atoms with E-state index in [-0.39, 0.29) is 11.0 Å². The standard InChI is InChI=1S/C7H9ClN2O2S.C2H6/c1-5-3-4-6(8)9-7(5)10-13(2,11)12;1-2/h3-4H,1-2H3,(H,9,10);1-2H3. The van der Waals surface area contributed by atoms with Gasteiger partial charge in [0.05, 0.1) is 6.26 Å². The van der Waals surface area contributed by atoms with Gasteiger partial charge < -0.3 is 0 Å². The first-order chi connectivity index (χ1) is 6.88. The van der Waals surface area contributed by atoms with Crippen molar-refractivity contribution < 1.29 is 8.42 Å². The monoisotopic (exact) mass is 250 g/mol. The molecule has 1 aromatic heterocycles. The number of halogens is 1. The molecule has 0 amide bonds. The molecular weight excluding hydrogens is 236 g/mol. The molecule has 0 saturated carbocycles. The smallest absolute Gasteiger partial charge is 0.230 e. The van der Waals surface area contributed by atoms with Gasteiger partial charge in [0.1, 0.15) is 11.0 Å². The van der Waals surface area contributed by atoms with E-state index in [0.29, 0.717) is 0 Å². The lowest BCUT2D eigenvalue weighted by atomic mass is 10.3. The van der Waals surface area contributed by atoms with E-state index in [1.165, 1.54) is 0 Å². The highest BCUT2D eigenvalue weighted by molar-refractivity contribution is 7.92. The summed E-state index contributed by atoms with van der Waals surface area (Å²) in [7, 11) is -3.29. The highest BCUT2D eigenvalue weighted by Crippen LogP contribution is 2.15. The molecule has 0 radical (unpaired) electrons. The van der Waals surface area contributed by atoms with Crippen molar-refractivity contribution in [2.75, 3.05) is 11.0 Å². The first-order valence-corrected chi connectivity index (χ1v) is 6.76. The van der Waals surface area contributed by atoms with Crippen LogP contribution in [-0.4, -0.2) is 19.7 Å². The van der Waals surface area contributed by atoms with Crippen LogP contribution in [0.5, 0.6) is 0 Å². The number of aromatic nitrogens is 1. The Morgan fingerprint density at radius 3 is 2.33 bits per heavy atom. The quantitative estimate of drug-likeness (QED) is 0.821. The Balaban J connectivity index is 0.000000921. The molecule has 0 atom stereocenters. The van der Waals surface area contributed by atoms with Crippen LogP contribution in [0.1, 0.15) is 19.4 Å². The molecule has 0 spiro atoms. The van der Waals surface area contributed by atoms with E-state index in [1.807, 2.05) is 13.8 Å². The molecule has 1 aromatic rings. The SMILES string of the molecule is CC.Cc1ccc(Cl)nc1NS(C)(=O)=O. The number of anilines is 1. The summed E-state index contributed by atoms with van der Waals surface area (Å²) in [6, 6.07) is 3.30. The summed E-state index contributed by atoms with van der Waals surface area (Å²) < 4.78 is 24.0. The molecule has 0 bridgehead atoms. The average molecular weight is 251 g/mol. The van der Waals surface area contributed by atoms with Gasteiger partial charge in [0, 0.05) is 0 Å². The number of nitrogens with one attached hydrogen (secondary N) is 1. The lowest BCUT2D eigenvalue weighted by Crippen LogP contribution is -2.11. The van der Waals surface area contributed by atoms with Crippen molar-refractivity contribution in [1.29, 1.82) is 0 Å². The van der Waals surface area contributed by atoms with Crippen LogP contribution >= 0.6 is 11.6 Å². The zero-order valence-corrected chi connectivity index (χ0v) is 10.8. The predicted molar refractivity (Wildman–Crippen MR) is 63.8 cm³/mol. The van der Waals surface area contributed by atoms with Gasteiger partial charge in [-0.05, 0) is 18.6 Å². The summed E-state index contributed by atoms with van der Waals surface area (Å²) in [6.45, 7) is 5.75. The fourth-order valence-electron chi connectivity index (χ4n) is 0.784. The Morgan fingerprint density at radius 2 is 1.87 bits per heavy atom. The predicted octanol–water partition coefficient (Wildman–Crippen LogP) is 2.44. The van der Waals surface area contributed by atoms with Crippen molar-refractivity contribution >= 4 is 27.4 Å². The molecule has 1 N–H and O–H groups in total. The van der Waals surface area contributed by atoms with Crippen molar-refractivity contribution in [1.82, 2.24) is 4.98 Å². The van der Waals surface area contributed by atoms with Crippen molar-refractivity contribution in [2.45, 2.75) is 20.8 Å². The molecule has 15 heavy (non-hydrogen) atoms. The molecule has 0 aromatic carbocycles. The second-order valence-corrected chi connectivity index (χ2v) is 4.81. The van der Waals surface area contributed by atoms with Gasteiger partial charge in [0.25, 0.3) is 0 Å². The fraction of sp³-hybridized carbons (Fsp3) is 0.444. The molecule has 6 heteroatoms. The highest BCUT2D eigenvalue weighted by atomic mass is 35.5. The number of nitrogens with zero attached hydrogens (tertiary/aromatic N) is 1. The molecule has 0 aliphatic rings. The molecule has 0 unspecified atom stereocenters. The maximum Gasteiger partial charge on any atom is 0.230 e. The minimum Gasteiger partial charge on any atom is -0.267 e. The molecule has 0 saturated heterocycles. The first-order valence-electron chi connectivity index (χ1n) is 4.49. The van der Waals surface area contributed by atoms with Gasteiger partial charge in [-0.3, -0.25) is 4.72 Å². The van der Waals surface area contributed by atoms with Crippen LogP contribution in [0, 0.1) is 6.92 Å². The summed E-state index contributed by atoms with van der Waals surface area (Å²) in [5.74, 6) is 0.273. The zero-order valence-electron chi connectivity index (χ0n) is 9.20. The lowest BCUT2D eigenvalue weighted by Gasteiger charge is -2.05. The normalized spacial score (nSPS) is 10.2. The van der Waals surface area contributed by atoms with E-state index in [4.69, 9.17) is 11.6 Å². The van der Waals surface area contributed by atoms with Crippen molar-refractivity contribution in [3.63, 3.8) is 0 Å². The minimum atomic E-state index is -3.29. The summed E-state index contributed by atoms with van der Waals surface area (Å²) in [5, 5.41) is 0.261. The Labute approximate surface area is 95.7 Å². The van der Waals surface area contributed by atoms with Gasteiger partial charge in [-0.15, -0.1) is 0 Å². The molecular formula is C9H15ClN2O2S. The van der Waals surface area contributed by atoms with Crippen LogP contribution < -0.4 is 4.72 Å².